The zero-order valence-corrected chi connectivity index (χ0v) is 24.8. The number of esters is 2. The SMILES string of the molecule is CCc1cc(C(=O)OC(=O)c2c(O)c(CC)c(-c3ccc(N(C)C)cc3F)[nH]c2=O)c(=O)[nH]c1-c1ccccc1N(C)C. The van der Waals surface area contributed by atoms with E-state index in [-0.39, 0.29) is 23.2 Å². The number of halogens is 1. The van der Waals surface area contributed by atoms with Gasteiger partial charge in [0, 0.05) is 56.3 Å². The highest BCUT2D eigenvalue weighted by atomic mass is 19.1. The van der Waals surface area contributed by atoms with Crippen molar-refractivity contribution in [3.05, 3.63) is 97.3 Å². The minimum atomic E-state index is -1.45. The highest BCUT2D eigenvalue weighted by Crippen LogP contribution is 2.33. The molecule has 43 heavy (non-hydrogen) atoms. The Balaban J connectivity index is 1.70. The quantitative estimate of drug-likeness (QED) is 0.202. The summed E-state index contributed by atoms with van der Waals surface area (Å²) in [5.74, 6) is -4.13. The van der Waals surface area contributed by atoms with E-state index in [1.807, 2.05) is 50.2 Å². The van der Waals surface area contributed by atoms with Gasteiger partial charge >= 0.3 is 11.9 Å². The number of rotatable bonds is 8. The molecule has 2 aromatic heterocycles. The predicted octanol–water partition coefficient (Wildman–Crippen LogP) is 4.50. The lowest BCUT2D eigenvalue weighted by atomic mass is 9.99. The Labute approximate surface area is 247 Å². The van der Waals surface area contributed by atoms with E-state index in [0.717, 1.165) is 11.3 Å². The van der Waals surface area contributed by atoms with E-state index in [9.17, 15) is 28.7 Å². The largest absolute Gasteiger partial charge is 0.506 e. The summed E-state index contributed by atoms with van der Waals surface area (Å²) in [5.41, 5.74) is 0.239. The third-order valence-corrected chi connectivity index (χ3v) is 7.15. The molecule has 0 spiro atoms. The third-order valence-electron chi connectivity index (χ3n) is 7.15. The van der Waals surface area contributed by atoms with E-state index < -0.39 is 45.8 Å². The Morgan fingerprint density at radius 2 is 1.51 bits per heavy atom. The van der Waals surface area contributed by atoms with Crippen LogP contribution in [0.1, 0.15) is 45.7 Å². The molecule has 0 fully saturated rings. The standard InChI is InChI=1S/C32H33FN4O6/c1-7-17-15-22(29(39)34-26(17)21-11-9-10-12-24(21)37(5)6)31(41)43-32(42)25-28(38)19(8-2)27(35-30(25)40)20-14-13-18(36(3)4)16-23(20)33/h9-16H,7-8H2,1-6H3,(H,34,39)(H2,35,38,40). The maximum absolute atomic E-state index is 15.0. The van der Waals surface area contributed by atoms with Gasteiger partial charge in [-0.25, -0.2) is 14.0 Å². The molecule has 0 aliphatic heterocycles. The van der Waals surface area contributed by atoms with Crippen molar-refractivity contribution in [3.63, 3.8) is 0 Å². The molecular formula is C32H33FN4O6. The van der Waals surface area contributed by atoms with E-state index in [0.29, 0.717) is 23.4 Å². The van der Waals surface area contributed by atoms with Crippen LogP contribution in [0.15, 0.2) is 58.1 Å². The van der Waals surface area contributed by atoms with Gasteiger partial charge in [-0.1, -0.05) is 32.0 Å². The van der Waals surface area contributed by atoms with E-state index in [4.69, 9.17) is 4.74 Å². The number of carbonyl (C=O) groups is 2. The number of anilines is 2. The molecule has 3 N–H and O–H groups in total. The van der Waals surface area contributed by atoms with Crippen LogP contribution in [0.3, 0.4) is 0 Å². The van der Waals surface area contributed by atoms with Gasteiger partial charge in [0.15, 0.2) is 5.56 Å². The third kappa shape index (κ3) is 5.92. The van der Waals surface area contributed by atoms with Gasteiger partial charge in [-0.15, -0.1) is 0 Å². The van der Waals surface area contributed by atoms with Gasteiger partial charge in [0.25, 0.3) is 11.1 Å². The summed E-state index contributed by atoms with van der Waals surface area (Å²) in [7, 11) is 7.23. The number of hydrogen-bond acceptors (Lipinski definition) is 8. The highest BCUT2D eigenvalue weighted by Gasteiger charge is 2.28. The fourth-order valence-electron chi connectivity index (χ4n) is 4.89. The molecule has 0 amide bonds. The molecular weight excluding hydrogens is 555 g/mol. The molecule has 0 radical (unpaired) electrons. The smallest absolute Gasteiger partial charge is 0.355 e. The molecule has 224 valence electrons. The number of nitrogens with one attached hydrogen (secondary N) is 2. The summed E-state index contributed by atoms with van der Waals surface area (Å²) in [5, 5.41) is 10.9. The topological polar surface area (TPSA) is 136 Å². The van der Waals surface area contributed by atoms with Crippen molar-refractivity contribution in [2.45, 2.75) is 26.7 Å². The number of aromatic hydroxyl groups is 1. The summed E-state index contributed by atoms with van der Waals surface area (Å²) in [6.45, 7) is 3.49. The Kier molecular flexibility index (Phi) is 8.84. The first-order chi connectivity index (χ1) is 20.4. The zero-order chi connectivity index (χ0) is 31.6. The number of aromatic nitrogens is 2. The lowest BCUT2D eigenvalue weighted by Crippen LogP contribution is -2.27. The Morgan fingerprint density at radius 1 is 0.837 bits per heavy atom. The molecule has 4 rings (SSSR count). The fourth-order valence-corrected chi connectivity index (χ4v) is 4.89. The number of benzene rings is 2. The number of aromatic amines is 2. The van der Waals surface area contributed by atoms with Crippen LogP contribution in [0.25, 0.3) is 22.5 Å². The molecule has 2 aromatic carbocycles. The molecule has 10 nitrogen and oxygen atoms in total. The summed E-state index contributed by atoms with van der Waals surface area (Å²) < 4.78 is 19.9. The molecule has 0 bridgehead atoms. The Morgan fingerprint density at radius 3 is 2.12 bits per heavy atom. The molecule has 0 unspecified atom stereocenters. The first-order valence-electron chi connectivity index (χ1n) is 13.6. The second-order valence-corrected chi connectivity index (χ2v) is 10.3. The molecule has 0 saturated carbocycles. The van der Waals surface area contributed by atoms with Gasteiger partial charge in [0.1, 0.15) is 17.1 Å². The number of H-pyrrole nitrogens is 2. The van der Waals surface area contributed by atoms with E-state index in [1.165, 1.54) is 18.2 Å². The average Bonchev–Trinajstić information content (AvgIpc) is 2.96. The molecule has 0 atom stereocenters. The lowest BCUT2D eigenvalue weighted by molar-refractivity contribution is 0.0393. The molecule has 11 heteroatoms. The van der Waals surface area contributed by atoms with Crippen LogP contribution >= 0.6 is 0 Å². The molecule has 0 aliphatic rings. The maximum atomic E-state index is 15.0. The first-order valence-corrected chi connectivity index (χ1v) is 13.6. The lowest BCUT2D eigenvalue weighted by Gasteiger charge is -2.19. The van der Waals surface area contributed by atoms with Crippen LogP contribution < -0.4 is 20.9 Å². The minimum Gasteiger partial charge on any atom is -0.506 e. The minimum absolute atomic E-state index is 0.00620. The summed E-state index contributed by atoms with van der Waals surface area (Å²) in [4.78, 5) is 60.8. The van der Waals surface area contributed by atoms with E-state index >= 15 is 0 Å². The van der Waals surface area contributed by atoms with E-state index in [1.54, 1.807) is 32.0 Å². The van der Waals surface area contributed by atoms with Crippen molar-refractivity contribution in [1.29, 1.82) is 0 Å². The van der Waals surface area contributed by atoms with Crippen molar-refractivity contribution in [2.75, 3.05) is 38.0 Å². The number of aryl methyl sites for hydroxylation is 1. The first kappa shape index (κ1) is 30.8. The maximum Gasteiger partial charge on any atom is 0.355 e. The fraction of sp³-hybridized carbons (Fsp3) is 0.250. The van der Waals surface area contributed by atoms with Crippen LogP contribution in [-0.2, 0) is 17.6 Å². The molecule has 4 aromatic rings. The Hall–Kier alpha value is -5.19. The van der Waals surface area contributed by atoms with Crippen LogP contribution in [0, 0.1) is 5.82 Å². The van der Waals surface area contributed by atoms with Crippen LogP contribution in [0.2, 0.25) is 0 Å². The zero-order valence-electron chi connectivity index (χ0n) is 24.8. The number of hydrogen-bond donors (Lipinski definition) is 3. The van der Waals surface area contributed by atoms with Gasteiger partial charge in [-0.3, -0.25) is 9.59 Å². The van der Waals surface area contributed by atoms with Crippen molar-refractivity contribution in [2.24, 2.45) is 0 Å². The van der Waals surface area contributed by atoms with Crippen molar-refractivity contribution < 1.29 is 23.8 Å². The van der Waals surface area contributed by atoms with Gasteiger partial charge in [0.05, 0.1) is 11.4 Å². The number of pyridine rings is 2. The molecule has 2 heterocycles. The Bertz CT molecular complexity index is 1840. The summed E-state index contributed by atoms with van der Waals surface area (Å²) >= 11 is 0. The number of nitrogens with zero attached hydrogens (tertiary/aromatic N) is 2. The monoisotopic (exact) mass is 588 g/mol. The van der Waals surface area contributed by atoms with Gasteiger partial charge in [0.2, 0.25) is 0 Å². The van der Waals surface area contributed by atoms with Crippen molar-refractivity contribution >= 4 is 23.3 Å². The second-order valence-electron chi connectivity index (χ2n) is 10.3. The van der Waals surface area contributed by atoms with Crippen molar-refractivity contribution in [3.8, 4) is 28.3 Å². The second kappa shape index (κ2) is 12.4. The van der Waals surface area contributed by atoms with Gasteiger partial charge in [-0.2, -0.15) is 0 Å². The molecule has 0 saturated heterocycles. The number of ether oxygens (including phenoxy) is 1. The van der Waals surface area contributed by atoms with Crippen LogP contribution in [-0.4, -0.2) is 55.2 Å². The van der Waals surface area contributed by atoms with Crippen molar-refractivity contribution in [1.82, 2.24) is 9.97 Å². The number of para-hydroxylation sites is 1. The molecule has 0 aliphatic carbocycles. The summed E-state index contributed by atoms with van der Waals surface area (Å²) in [6, 6.07) is 13.1. The highest BCUT2D eigenvalue weighted by molar-refractivity contribution is 6.04. The van der Waals surface area contributed by atoms with Crippen LogP contribution in [0.5, 0.6) is 5.75 Å². The van der Waals surface area contributed by atoms with Gasteiger partial charge in [-0.05, 0) is 48.7 Å². The summed E-state index contributed by atoms with van der Waals surface area (Å²) in [6.07, 6.45) is 0.548. The van der Waals surface area contributed by atoms with E-state index in [2.05, 4.69) is 9.97 Å². The average molecular weight is 589 g/mol. The predicted molar refractivity (Wildman–Crippen MR) is 164 cm³/mol. The van der Waals surface area contributed by atoms with Gasteiger partial charge < -0.3 is 29.6 Å². The number of carbonyl (C=O) groups excluding carboxylic acids is 2. The normalized spacial score (nSPS) is 10.9. The van der Waals surface area contributed by atoms with Crippen LogP contribution in [0.4, 0.5) is 15.8 Å².